The van der Waals surface area contributed by atoms with Crippen LogP contribution in [0.5, 0.6) is 0 Å². The third-order valence-corrected chi connectivity index (χ3v) is 5.05. The van der Waals surface area contributed by atoms with Crippen LogP contribution >= 0.6 is 11.6 Å². The molecule has 6 heteroatoms. The lowest BCUT2D eigenvalue weighted by Gasteiger charge is -2.16. The summed E-state index contributed by atoms with van der Waals surface area (Å²) < 4.78 is 0. The Morgan fingerprint density at radius 2 is 2.21 bits per heavy atom. The van der Waals surface area contributed by atoms with E-state index >= 15 is 0 Å². The summed E-state index contributed by atoms with van der Waals surface area (Å²) in [6.45, 7) is 7.79. The van der Waals surface area contributed by atoms with Gasteiger partial charge in [0.25, 0.3) is 0 Å². The van der Waals surface area contributed by atoms with E-state index in [1.54, 1.807) is 6.20 Å². The Morgan fingerprint density at radius 1 is 1.38 bits per heavy atom. The maximum absolute atomic E-state index is 6.21. The van der Waals surface area contributed by atoms with Gasteiger partial charge in [-0.2, -0.15) is 0 Å². The fraction of sp³-hybridized carbons (Fsp3) is 0.261. The Balaban J connectivity index is 0.000000170. The van der Waals surface area contributed by atoms with Crippen molar-refractivity contribution in [3.8, 4) is 11.1 Å². The van der Waals surface area contributed by atoms with Gasteiger partial charge in [0.15, 0.2) is 0 Å². The minimum absolute atomic E-state index is 0.672. The predicted octanol–water partition coefficient (Wildman–Crippen LogP) is 5.36. The molecule has 3 aromatic heterocycles. The second-order valence-corrected chi connectivity index (χ2v) is 7.67. The second-order valence-electron chi connectivity index (χ2n) is 7.27. The largest absolute Gasteiger partial charge is 0.380 e. The standard InChI is InChI=1S/C12H10ClN3.C11H18N2/c1-7-4-8(5-15-7)11-9-2-3-14-12(9)16-6-10(11)13;1-4-12(2)9-11-7-5-6-8-13(3)10-11/h2-6,15H,1H3,(H,14,16);4-5,7,10H,1,6,8-9H2,2-3H3. The van der Waals surface area contributed by atoms with Gasteiger partial charge in [-0.05, 0) is 37.3 Å². The third kappa shape index (κ3) is 5.33. The molecule has 29 heavy (non-hydrogen) atoms. The smallest absolute Gasteiger partial charge is 0.137 e. The first kappa shape index (κ1) is 20.8. The van der Waals surface area contributed by atoms with E-state index in [-0.39, 0.29) is 0 Å². The molecule has 3 aromatic rings. The molecule has 0 bridgehead atoms. The number of aryl methyl sites for hydroxylation is 1. The molecule has 152 valence electrons. The molecule has 0 radical (unpaired) electrons. The van der Waals surface area contributed by atoms with Crippen LogP contribution in [0, 0.1) is 6.92 Å². The normalized spacial score (nSPS) is 13.5. The van der Waals surface area contributed by atoms with E-state index in [1.165, 1.54) is 5.57 Å². The molecule has 0 saturated heterocycles. The summed E-state index contributed by atoms with van der Waals surface area (Å²) in [6.07, 6.45) is 15.1. The Bertz CT molecular complexity index is 1030. The monoisotopic (exact) mass is 409 g/mol. The highest BCUT2D eigenvalue weighted by atomic mass is 35.5. The topological polar surface area (TPSA) is 50.9 Å². The van der Waals surface area contributed by atoms with Crippen molar-refractivity contribution in [3.05, 3.63) is 78.1 Å². The number of aromatic nitrogens is 3. The number of aromatic amines is 2. The molecular weight excluding hydrogens is 382 g/mol. The quantitative estimate of drug-likeness (QED) is 0.610. The van der Waals surface area contributed by atoms with Gasteiger partial charge in [-0.1, -0.05) is 30.3 Å². The van der Waals surface area contributed by atoms with Crippen molar-refractivity contribution >= 4 is 22.6 Å². The van der Waals surface area contributed by atoms with Crippen LogP contribution in [0.3, 0.4) is 0 Å². The number of rotatable bonds is 4. The van der Waals surface area contributed by atoms with Crippen molar-refractivity contribution < 1.29 is 0 Å². The zero-order chi connectivity index (χ0) is 20.8. The fourth-order valence-corrected chi connectivity index (χ4v) is 3.54. The number of fused-ring (bicyclic) bond motifs is 1. The molecule has 0 aromatic carbocycles. The van der Waals surface area contributed by atoms with E-state index in [2.05, 4.69) is 62.8 Å². The lowest BCUT2D eigenvalue weighted by atomic mass is 10.1. The van der Waals surface area contributed by atoms with Crippen molar-refractivity contribution in [2.45, 2.75) is 13.3 Å². The van der Waals surface area contributed by atoms with Gasteiger partial charge in [0.05, 0.1) is 5.02 Å². The van der Waals surface area contributed by atoms with Crippen LogP contribution in [0.4, 0.5) is 0 Å². The first-order valence-corrected chi connectivity index (χ1v) is 10.0. The van der Waals surface area contributed by atoms with Gasteiger partial charge < -0.3 is 19.8 Å². The van der Waals surface area contributed by atoms with Crippen LogP contribution in [-0.4, -0.2) is 51.9 Å². The first-order valence-electron chi connectivity index (χ1n) is 9.65. The van der Waals surface area contributed by atoms with Crippen LogP contribution < -0.4 is 0 Å². The molecule has 5 nitrogen and oxygen atoms in total. The van der Waals surface area contributed by atoms with Crippen molar-refractivity contribution in [2.24, 2.45) is 0 Å². The molecule has 4 rings (SSSR count). The lowest BCUT2D eigenvalue weighted by molar-refractivity contribution is 0.454. The highest BCUT2D eigenvalue weighted by Crippen LogP contribution is 2.33. The first-order chi connectivity index (χ1) is 14.0. The molecule has 0 atom stereocenters. The number of halogens is 1. The summed E-state index contributed by atoms with van der Waals surface area (Å²) in [5.41, 5.74) is 5.43. The van der Waals surface area contributed by atoms with Crippen molar-refractivity contribution in [2.75, 3.05) is 27.2 Å². The van der Waals surface area contributed by atoms with E-state index in [0.29, 0.717) is 5.02 Å². The van der Waals surface area contributed by atoms with Gasteiger partial charge in [-0.15, -0.1) is 0 Å². The highest BCUT2D eigenvalue weighted by Gasteiger charge is 2.11. The zero-order valence-corrected chi connectivity index (χ0v) is 18.0. The number of hydrogen-bond donors (Lipinski definition) is 2. The summed E-state index contributed by atoms with van der Waals surface area (Å²) in [5, 5.41) is 1.72. The van der Waals surface area contributed by atoms with Gasteiger partial charge >= 0.3 is 0 Å². The summed E-state index contributed by atoms with van der Waals surface area (Å²) in [5.74, 6) is 0. The molecule has 0 amide bonds. The van der Waals surface area contributed by atoms with Crippen LogP contribution in [0.25, 0.3) is 22.2 Å². The van der Waals surface area contributed by atoms with Crippen LogP contribution in [-0.2, 0) is 0 Å². The minimum Gasteiger partial charge on any atom is -0.380 e. The molecule has 0 spiro atoms. The van der Waals surface area contributed by atoms with E-state index in [9.17, 15) is 0 Å². The van der Waals surface area contributed by atoms with E-state index in [1.807, 2.05) is 38.6 Å². The Labute approximate surface area is 177 Å². The average molecular weight is 410 g/mol. The molecule has 0 unspecified atom stereocenters. The predicted molar refractivity (Wildman–Crippen MR) is 123 cm³/mol. The molecular formula is C23H28ClN5. The number of hydrogen-bond acceptors (Lipinski definition) is 3. The summed E-state index contributed by atoms with van der Waals surface area (Å²) in [7, 11) is 4.15. The Kier molecular flexibility index (Phi) is 6.83. The van der Waals surface area contributed by atoms with Crippen molar-refractivity contribution in [1.29, 1.82) is 0 Å². The molecule has 1 aliphatic rings. The van der Waals surface area contributed by atoms with E-state index in [4.69, 9.17) is 11.6 Å². The van der Waals surface area contributed by atoms with Gasteiger partial charge in [-0.25, -0.2) is 4.98 Å². The summed E-state index contributed by atoms with van der Waals surface area (Å²) in [4.78, 5) is 14.8. The summed E-state index contributed by atoms with van der Waals surface area (Å²) >= 11 is 6.21. The minimum atomic E-state index is 0.672. The number of nitrogens with one attached hydrogen (secondary N) is 2. The maximum atomic E-state index is 6.21. The molecule has 4 heterocycles. The molecule has 2 N–H and O–H groups in total. The van der Waals surface area contributed by atoms with Crippen molar-refractivity contribution in [1.82, 2.24) is 24.8 Å². The fourth-order valence-electron chi connectivity index (χ4n) is 3.28. The van der Waals surface area contributed by atoms with Gasteiger partial charge in [0.2, 0.25) is 0 Å². The molecule has 0 saturated carbocycles. The maximum Gasteiger partial charge on any atom is 0.137 e. The van der Waals surface area contributed by atoms with E-state index < -0.39 is 0 Å². The van der Waals surface area contributed by atoms with Crippen molar-refractivity contribution in [3.63, 3.8) is 0 Å². The Morgan fingerprint density at radius 3 is 2.93 bits per heavy atom. The molecule has 1 aliphatic heterocycles. The van der Waals surface area contributed by atoms with Crippen LogP contribution in [0.2, 0.25) is 5.02 Å². The average Bonchev–Trinajstić information content (AvgIpc) is 3.29. The van der Waals surface area contributed by atoms with Gasteiger partial charge in [-0.3, -0.25) is 0 Å². The molecule has 0 aliphatic carbocycles. The summed E-state index contributed by atoms with van der Waals surface area (Å²) in [6, 6.07) is 4.07. The number of pyridine rings is 1. The zero-order valence-electron chi connectivity index (χ0n) is 17.2. The highest BCUT2D eigenvalue weighted by molar-refractivity contribution is 6.34. The van der Waals surface area contributed by atoms with E-state index in [0.717, 1.165) is 47.4 Å². The Hall–Kier alpha value is -2.92. The SMILES string of the molecule is C=CN(C)CC1=CN(C)CCC=C1.Cc1cc(-c2c(Cl)cnc3[nH]ccc23)c[nH]1. The third-order valence-electron chi connectivity index (χ3n) is 4.77. The number of H-pyrrole nitrogens is 2. The molecule has 0 fully saturated rings. The van der Waals surface area contributed by atoms with Crippen LogP contribution in [0.1, 0.15) is 12.1 Å². The van der Waals surface area contributed by atoms with Gasteiger partial charge in [0.1, 0.15) is 5.65 Å². The number of likely N-dealkylation sites (N-methyl/N-ethyl adjacent to an activating group) is 1. The lowest BCUT2D eigenvalue weighted by Crippen LogP contribution is -2.16. The second kappa shape index (κ2) is 9.52. The van der Waals surface area contributed by atoms with Gasteiger partial charge in [0, 0.05) is 74.2 Å². The number of nitrogens with zero attached hydrogens (tertiary/aromatic N) is 3. The van der Waals surface area contributed by atoms with Crippen LogP contribution in [0.15, 0.2) is 67.4 Å².